The monoisotopic (exact) mass is 214 g/mol. The minimum Gasteiger partial charge on any atom is -0.508 e. The van der Waals surface area contributed by atoms with Crippen LogP contribution in [0.25, 0.3) is 0 Å². The first-order valence-electron chi connectivity index (χ1n) is 4.32. The fraction of sp³-hybridized carbons (Fsp3) is 0.400. The van der Waals surface area contributed by atoms with Crippen molar-refractivity contribution in [3.05, 3.63) is 29.3 Å². The summed E-state index contributed by atoms with van der Waals surface area (Å²) in [6.45, 7) is 1.77. The third-order valence-corrected chi connectivity index (χ3v) is 2.50. The number of aromatic hydroxyl groups is 1. The highest BCUT2D eigenvalue weighted by Gasteiger charge is 2.18. The third kappa shape index (κ3) is 2.41. The number of aliphatic hydroxyl groups excluding tert-OH is 2. The highest BCUT2D eigenvalue weighted by molar-refractivity contribution is 7.80. The molecule has 1 rings (SSSR count). The first-order chi connectivity index (χ1) is 6.56. The van der Waals surface area contributed by atoms with E-state index in [4.69, 9.17) is 5.11 Å². The van der Waals surface area contributed by atoms with Crippen molar-refractivity contribution >= 4 is 12.6 Å². The van der Waals surface area contributed by atoms with Gasteiger partial charge in [-0.2, -0.15) is 12.6 Å². The van der Waals surface area contributed by atoms with E-state index < -0.39 is 12.2 Å². The second-order valence-electron chi connectivity index (χ2n) is 3.24. The normalized spacial score (nSPS) is 15.1. The summed E-state index contributed by atoms with van der Waals surface area (Å²) in [5.74, 6) is 0.348. The zero-order chi connectivity index (χ0) is 10.7. The molecule has 0 fully saturated rings. The van der Waals surface area contributed by atoms with Crippen molar-refractivity contribution in [3.8, 4) is 5.75 Å². The number of aryl methyl sites for hydroxylation is 1. The van der Waals surface area contributed by atoms with E-state index in [-0.39, 0.29) is 11.5 Å². The average molecular weight is 214 g/mol. The molecule has 14 heavy (non-hydrogen) atoms. The molecule has 1 aromatic rings. The first kappa shape index (κ1) is 11.4. The summed E-state index contributed by atoms with van der Waals surface area (Å²) in [5, 5.41) is 28.2. The second-order valence-corrected chi connectivity index (χ2v) is 3.60. The van der Waals surface area contributed by atoms with Gasteiger partial charge in [-0.25, -0.2) is 0 Å². The summed E-state index contributed by atoms with van der Waals surface area (Å²) in [4.78, 5) is 0. The van der Waals surface area contributed by atoms with E-state index in [0.717, 1.165) is 5.56 Å². The molecule has 0 spiro atoms. The van der Waals surface area contributed by atoms with Gasteiger partial charge in [0.05, 0.1) is 6.10 Å². The Bertz CT molecular complexity index is 314. The topological polar surface area (TPSA) is 60.7 Å². The molecule has 0 amide bonds. The van der Waals surface area contributed by atoms with E-state index in [2.05, 4.69) is 12.6 Å². The molecule has 0 aromatic heterocycles. The quantitative estimate of drug-likeness (QED) is 0.568. The molecule has 0 radical (unpaired) electrons. The molecule has 0 heterocycles. The lowest BCUT2D eigenvalue weighted by Crippen LogP contribution is -2.20. The van der Waals surface area contributed by atoms with Gasteiger partial charge in [-0.05, 0) is 30.2 Å². The fourth-order valence-electron chi connectivity index (χ4n) is 1.30. The van der Waals surface area contributed by atoms with E-state index in [9.17, 15) is 10.2 Å². The fourth-order valence-corrected chi connectivity index (χ4v) is 1.50. The van der Waals surface area contributed by atoms with E-state index >= 15 is 0 Å². The van der Waals surface area contributed by atoms with Crippen molar-refractivity contribution in [1.29, 1.82) is 0 Å². The number of phenolic OH excluding ortho intramolecular Hbond substituents is 1. The molecule has 78 valence electrons. The minimum atomic E-state index is -0.951. The van der Waals surface area contributed by atoms with Gasteiger partial charge in [0, 0.05) is 5.75 Å². The molecular weight excluding hydrogens is 200 g/mol. The molecule has 1 aromatic carbocycles. The van der Waals surface area contributed by atoms with Crippen LogP contribution >= 0.6 is 12.6 Å². The Labute approximate surface area is 88.4 Å². The van der Waals surface area contributed by atoms with Crippen molar-refractivity contribution in [2.45, 2.75) is 19.1 Å². The lowest BCUT2D eigenvalue weighted by Gasteiger charge is -2.18. The molecule has 3 N–H and O–H groups in total. The Balaban J connectivity index is 2.95. The van der Waals surface area contributed by atoms with Crippen LogP contribution < -0.4 is 0 Å². The number of thiol groups is 1. The Morgan fingerprint density at radius 2 is 2.00 bits per heavy atom. The van der Waals surface area contributed by atoms with Crippen LogP contribution in [0.15, 0.2) is 18.2 Å². The van der Waals surface area contributed by atoms with Crippen LogP contribution in [0.4, 0.5) is 0 Å². The third-order valence-electron chi connectivity index (χ3n) is 2.12. The lowest BCUT2D eigenvalue weighted by atomic mass is 10.00. The Morgan fingerprint density at radius 1 is 1.36 bits per heavy atom. The van der Waals surface area contributed by atoms with E-state index in [1.54, 1.807) is 19.1 Å². The van der Waals surface area contributed by atoms with Crippen LogP contribution in [0.2, 0.25) is 0 Å². The molecule has 2 atom stereocenters. The molecule has 4 heteroatoms. The smallest absolute Gasteiger partial charge is 0.115 e. The van der Waals surface area contributed by atoms with E-state index in [1.807, 2.05) is 0 Å². The number of hydrogen-bond donors (Lipinski definition) is 4. The summed E-state index contributed by atoms with van der Waals surface area (Å²) in [6, 6.07) is 4.63. The molecule has 0 bridgehead atoms. The SMILES string of the molecule is Cc1cc(O)ccc1C(O)C(O)CS. The highest BCUT2D eigenvalue weighted by Crippen LogP contribution is 2.24. The van der Waals surface area contributed by atoms with E-state index in [0.29, 0.717) is 5.56 Å². The largest absolute Gasteiger partial charge is 0.508 e. The van der Waals surface area contributed by atoms with Gasteiger partial charge in [-0.3, -0.25) is 0 Å². The van der Waals surface area contributed by atoms with Gasteiger partial charge < -0.3 is 15.3 Å². The molecule has 0 aliphatic rings. The lowest BCUT2D eigenvalue weighted by molar-refractivity contribution is 0.0333. The average Bonchev–Trinajstić information content (AvgIpc) is 2.15. The minimum absolute atomic E-state index is 0.152. The van der Waals surface area contributed by atoms with Crippen LogP contribution in [0.3, 0.4) is 0 Å². The van der Waals surface area contributed by atoms with Crippen molar-refractivity contribution in [2.75, 3.05) is 5.75 Å². The van der Waals surface area contributed by atoms with Crippen LogP contribution in [0.1, 0.15) is 17.2 Å². The number of aliphatic hydroxyl groups is 2. The summed E-state index contributed by atoms with van der Waals surface area (Å²) in [6.07, 6.45) is -1.84. The maximum Gasteiger partial charge on any atom is 0.115 e. The first-order valence-corrected chi connectivity index (χ1v) is 4.96. The molecule has 0 aliphatic heterocycles. The molecule has 0 aliphatic carbocycles. The van der Waals surface area contributed by atoms with Crippen LogP contribution in [-0.2, 0) is 0 Å². The number of rotatable bonds is 3. The maximum absolute atomic E-state index is 9.68. The van der Waals surface area contributed by atoms with Gasteiger partial charge in [0.2, 0.25) is 0 Å². The van der Waals surface area contributed by atoms with E-state index in [1.165, 1.54) is 6.07 Å². The Morgan fingerprint density at radius 3 is 2.50 bits per heavy atom. The number of phenols is 1. The van der Waals surface area contributed by atoms with Crippen LogP contribution in [0.5, 0.6) is 5.75 Å². The van der Waals surface area contributed by atoms with Crippen LogP contribution in [0, 0.1) is 6.92 Å². The zero-order valence-electron chi connectivity index (χ0n) is 7.88. The molecule has 0 saturated heterocycles. The van der Waals surface area contributed by atoms with Gasteiger partial charge in [0.15, 0.2) is 0 Å². The van der Waals surface area contributed by atoms with Gasteiger partial charge in [0.25, 0.3) is 0 Å². The molecule has 2 unspecified atom stereocenters. The predicted molar refractivity (Wildman–Crippen MR) is 57.7 cm³/mol. The van der Waals surface area contributed by atoms with Crippen molar-refractivity contribution in [3.63, 3.8) is 0 Å². The number of benzene rings is 1. The Kier molecular flexibility index (Phi) is 3.80. The molecule has 0 saturated carbocycles. The van der Waals surface area contributed by atoms with Crippen molar-refractivity contribution < 1.29 is 15.3 Å². The second kappa shape index (κ2) is 4.68. The summed E-state index contributed by atoms with van der Waals surface area (Å²) in [5.41, 5.74) is 1.36. The van der Waals surface area contributed by atoms with Crippen molar-refractivity contribution in [2.24, 2.45) is 0 Å². The zero-order valence-corrected chi connectivity index (χ0v) is 8.78. The van der Waals surface area contributed by atoms with Gasteiger partial charge in [-0.1, -0.05) is 6.07 Å². The van der Waals surface area contributed by atoms with Gasteiger partial charge >= 0.3 is 0 Å². The predicted octanol–water partition coefficient (Wildman–Crippen LogP) is 1.02. The summed E-state index contributed by atoms with van der Waals surface area (Å²) in [7, 11) is 0. The summed E-state index contributed by atoms with van der Waals surface area (Å²) < 4.78 is 0. The highest BCUT2D eigenvalue weighted by atomic mass is 32.1. The van der Waals surface area contributed by atoms with Crippen LogP contribution in [-0.4, -0.2) is 27.2 Å². The van der Waals surface area contributed by atoms with Crippen molar-refractivity contribution in [1.82, 2.24) is 0 Å². The molecular formula is C10H14O3S. The summed E-state index contributed by atoms with van der Waals surface area (Å²) >= 11 is 3.90. The van der Waals surface area contributed by atoms with Gasteiger partial charge in [-0.15, -0.1) is 0 Å². The molecule has 3 nitrogen and oxygen atoms in total. The van der Waals surface area contributed by atoms with Gasteiger partial charge in [0.1, 0.15) is 11.9 Å². The number of hydrogen-bond acceptors (Lipinski definition) is 4. The maximum atomic E-state index is 9.68. The Hall–Kier alpha value is -0.710. The standard InChI is InChI=1S/C10H14O3S/c1-6-4-7(11)2-3-8(6)10(13)9(12)5-14/h2-4,9-14H,5H2,1H3.